The molecule has 1 aliphatic rings. The van der Waals surface area contributed by atoms with Crippen LogP contribution in [0.5, 0.6) is 0 Å². The van der Waals surface area contributed by atoms with Gasteiger partial charge in [0.2, 0.25) is 0 Å². The number of amides is 2. The number of carboxylic acids is 1. The second-order valence-corrected chi connectivity index (χ2v) is 4.90. The van der Waals surface area contributed by atoms with Gasteiger partial charge in [0.1, 0.15) is 0 Å². The average Bonchev–Trinajstić information content (AvgIpc) is 2.24. The molecular weight excluding hydrogens is 240 g/mol. The fourth-order valence-corrected chi connectivity index (χ4v) is 1.78. The number of morpholine rings is 1. The monoisotopic (exact) mass is 260 g/mol. The Balaban J connectivity index is 2.48. The SMILES string of the molecule is C[C@@H]1CN(C(=O)NCC(C)(O)C(=O)O)C[C@H](C)O1. The molecule has 0 bridgehead atoms. The summed E-state index contributed by atoms with van der Waals surface area (Å²) >= 11 is 0. The Kier molecular flexibility index (Phi) is 4.53. The zero-order valence-electron chi connectivity index (χ0n) is 10.8. The van der Waals surface area contributed by atoms with Gasteiger partial charge in [0, 0.05) is 13.1 Å². The Labute approximate surface area is 106 Å². The number of aliphatic carboxylic acids is 1. The van der Waals surface area contributed by atoms with Gasteiger partial charge in [-0.25, -0.2) is 9.59 Å². The highest BCUT2D eigenvalue weighted by Crippen LogP contribution is 2.11. The molecule has 1 aliphatic heterocycles. The molecule has 0 aromatic heterocycles. The summed E-state index contributed by atoms with van der Waals surface area (Å²) in [5.41, 5.74) is -1.96. The molecule has 1 heterocycles. The fraction of sp³-hybridized carbons (Fsp3) is 0.818. The maximum Gasteiger partial charge on any atom is 0.337 e. The number of carbonyl (C=O) groups excluding carboxylic acids is 1. The van der Waals surface area contributed by atoms with Gasteiger partial charge >= 0.3 is 12.0 Å². The van der Waals surface area contributed by atoms with Crippen molar-refractivity contribution in [3.8, 4) is 0 Å². The lowest BCUT2D eigenvalue weighted by Crippen LogP contribution is -2.55. The summed E-state index contributed by atoms with van der Waals surface area (Å²) < 4.78 is 5.49. The Bertz CT molecular complexity index is 321. The van der Waals surface area contributed by atoms with Crippen LogP contribution in [0.25, 0.3) is 0 Å². The highest BCUT2D eigenvalue weighted by atomic mass is 16.5. The maximum atomic E-state index is 11.8. The van der Waals surface area contributed by atoms with Gasteiger partial charge in [-0.3, -0.25) is 0 Å². The molecule has 1 rings (SSSR count). The van der Waals surface area contributed by atoms with Gasteiger partial charge in [-0.2, -0.15) is 0 Å². The number of nitrogens with zero attached hydrogens (tertiary/aromatic N) is 1. The van der Waals surface area contributed by atoms with Crippen molar-refractivity contribution in [3.63, 3.8) is 0 Å². The van der Waals surface area contributed by atoms with Crippen LogP contribution in [0.4, 0.5) is 4.79 Å². The molecule has 3 atom stereocenters. The quantitative estimate of drug-likeness (QED) is 0.643. The van der Waals surface area contributed by atoms with E-state index in [2.05, 4.69) is 5.32 Å². The second kappa shape index (κ2) is 5.53. The van der Waals surface area contributed by atoms with E-state index < -0.39 is 17.6 Å². The van der Waals surface area contributed by atoms with Gasteiger partial charge in [0.15, 0.2) is 5.60 Å². The lowest BCUT2D eigenvalue weighted by atomic mass is 10.1. The van der Waals surface area contributed by atoms with E-state index >= 15 is 0 Å². The predicted molar refractivity (Wildman–Crippen MR) is 63.2 cm³/mol. The first kappa shape index (κ1) is 14.7. The molecule has 0 aliphatic carbocycles. The van der Waals surface area contributed by atoms with Gasteiger partial charge in [0.25, 0.3) is 0 Å². The molecule has 2 amide bonds. The van der Waals surface area contributed by atoms with Crippen LogP contribution in [0, 0.1) is 0 Å². The van der Waals surface area contributed by atoms with Crippen LogP contribution >= 0.6 is 0 Å². The van der Waals surface area contributed by atoms with Gasteiger partial charge in [0.05, 0.1) is 18.8 Å². The summed E-state index contributed by atoms with van der Waals surface area (Å²) in [6.45, 7) is 5.44. The molecule has 0 aromatic rings. The molecule has 0 spiro atoms. The topological polar surface area (TPSA) is 99.1 Å². The molecule has 1 saturated heterocycles. The molecule has 1 fully saturated rings. The van der Waals surface area contributed by atoms with Crippen LogP contribution in [0.15, 0.2) is 0 Å². The Hall–Kier alpha value is -1.34. The summed E-state index contributed by atoms with van der Waals surface area (Å²) in [5.74, 6) is -1.37. The van der Waals surface area contributed by atoms with Crippen LogP contribution in [-0.2, 0) is 9.53 Å². The van der Waals surface area contributed by atoms with Crippen molar-refractivity contribution in [2.24, 2.45) is 0 Å². The van der Waals surface area contributed by atoms with Crippen molar-refractivity contribution in [2.45, 2.75) is 38.6 Å². The number of carboxylic acid groups (broad SMARTS) is 1. The van der Waals surface area contributed by atoms with E-state index in [0.717, 1.165) is 6.92 Å². The molecule has 0 saturated carbocycles. The van der Waals surface area contributed by atoms with Crippen molar-refractivity contribution in [3.05, 3.63) is 0 Å². The molecular formula is C11H20N2O5. The van der Waals surface area contributed by atoms with Crippen LogP contribution in [0.3, 0.4) is 0 Å². The number of nitrogens with one attached hydrogen (secondary N) is 1. The molecule has 7 nitrogen and oxygen atoms in total. The minimum atomic E-state index is -1.96. The van der Waals surface area contributed by atoms with Gasteiger partial charge < -0.3 is 25.2 Å². The molecule has 18 heavy (non-hydrogen) atoms. The van der Waals surface area contributed by atoms with Crippen molar-refractivity contribution in [2.75, 3.05) is 19.6 Å². The summed E-state index contributed by atoms with van der Waals surface area (Å²) in [7, 11) is 0. The Morgan fingerprint density at radius 3 is 2.33 bits per heavy atom. The lowest BCUT2D eigenvalue weighted by molar-refractivity contribution is -0.155. The van der Waals surface area contributed by atoms with E-state index in [0.29, 0.717) is 13.1 Å². The van der Waals surface area contributed by atoms with Crippen LogP contribution in [-0.4, -0.2) is 64.6 Å². The number of carbonyl (C=O) groups is 2. The molecule has 104 valence electrons. The van der Waals surface area contributed by atoms with E-state index in [-0.39, 0.29) is 18.8 Å². The smallest absolute Gasteiger partial charge is 0.337 e. The number of hydrogen-bond donors (Lipinski definition) is 3. The molecule has 3 N–H and O–H groups in total. The van der Waals surface area contributed by atoms with Crippen LogP contribution in [0.2, 0.25) is 0 Å². The summed E-state index contributed by atoms with van der Waals surface area (Å²) in [6.07, 6.45) is -0.112. The zero-order chi connectivity index (χ0) is 13.9. The first-order valence-corrected chi connectivity index (χ1v) is 5.86. The lowest BCUT2D eigenvalue weighted by Gasteiger charge is -2.35. The van der Waals surface area contributed by atoms with Gasteiger partial charge in [-0.1, -0.05) is 0 Å². The van der Waals surface area contributed by atoms with Crippen molar-refractivity contribution < 1.29 is 24.5 Å². The fourth-order valence-electron chi connectivity index (χ4n) is 1.78. The zero-order valence-corrected chi connectivity index (χ0v) is 10.8. The van der Waals surface area contributed by atoms with E-state index in [1.165, 1.54) is 0 Å². The Morgan fingerprint density at radius 2 is 1.89 bits per heavy atom. The first-order chi connectivity index (χ1) is 8.22. The Morgan fingerprint density at radius 1 is 1.39 bits per heavy atom. The van der Waals surface area contributed by atoms with E-state index in [1.54, 1.807) is 4.90 Å². The minimum absolute atomic E-state index is 0.0560. The third-order valence-corrected chi connectivity index (χ3v) is 2.75. The van der Waals surface area contributed by atoms with Gasteiger partial charge in [-0.05, 0) is 20.8 Å². The minimum Gasteiger partial charge on any atom is -0.479 e. The number of urea groups is 1. The normalized spacial score (nSPS) is 27.4. The third kappa shape index (κ3) is 3.85. The highest BCUT2D eigenvalue weighted by molar-refractivity contribution is 5.79. The third-order valence-electron chi connectivity index (χ3n) is 2.75. The number of rotatable bonds is 3. The van der Waals surface area contributed by atoms with Crippen molar-refractivity contribution in [1.29, 1.82) is 0 Å². The van der Waals surface area contributed by atoms with Crippen molar-refractivity contribution >= 4 is 12.0 Å². The largest absolute Gasteiger partial charge is 0.479 e. The molecule has 1 unspecified atom stereocenters. The van der Waals surface area contributed by atoms with E-state index in [9.17, 15) is 14.7 Å². The molecule has 7 heteroatoms. The second-order valence-electron chi connectivity index (χ2n) is 4.90. The number of ether oxygens (including phenoxy) is 1. The van der Waals surface area contributed by atoms with E-state index in [4.69, 9.17) is 9.84 Å². The first-order valence-electron chi connectivity index (χ1n) is 5.86. The predicted octanol–water partition coefficient (Wildman–Crippen LogP) is -0.359. The van der Waals surface area contributed by atoms with Gasteiger partial charge in [-0.15, -0.1) is 0 Å². The van der Waals surface area contributed by atoms with Crippen LogP contribution in [0.1, 0.15) is 20.8 Å². The van der Waals surface area contributed by atoms with E-state index in [1.807, 2.05) is 13.8 Å². The number of hydrogen-bond acceptors (Lipinski definition) is 4. The highest BCUT2D eigenvalue weighted by Gasteiger charge is 2.32. The number of aliphatic hydroxyl groups is 1. The van der Waals surface area contributed by atoms with Crippen molar-refractivity contribution in [1.82, 2.24) is 10.2 Å². The standard InChI is InChI=1S/C11H20N2O5/c1-7-4-13(5-8(2)18-7)10(16)12-6-11(3,17)9(14)15/h7-8,17H,4-6H2,1-3H3,(H,12,16)(H,14,15)/t7-,8+,11?. The average molecular weight is 260 g/mol. The summed E-state index contributed by atoms with van der Waals surface area (Å²) in [4.78, 5) is 24.0. The summed E-state index contributed by atoms with van der Waals surface area (Å²) in [5, 5.41) is 20.6. The van der Waals surface area contributed by atoms with Crippen LogP contribution < -0.4 is 5.32 Å². The molecule has 0 radical (unpaired) electrons. The molecule has 0 aromatic carbocycles. The summed E-state index contributed by atoms with van der Waals surface area (Å²) in [6, 6.07) is -0.390. The maximum absolute atomic E-state index is 11.8.